The molecule has 1 aromatic rings. The number of ketones is 1. The third-order valence-corrected chi connectivity index (χ3v) is 5.11. The smallest absolute Gasteiger partial charge is 0.337 e. The third kappa shape index (κ3) is 3.18. The van der Waals surface area contributed by atoms with Crippen molar-refractivity contribution in [1.29, 1.82) is 0 Å². The van der Waals surface area contributed by atoms with E-state index in [-0.39, 0.29) is 17.4 Å². The number of esters is 1. The first-order chi connectivity index (χ1) is 12.0. The molecule has 1 aliphatic carbocycles. The Bertz CT molecular complexity index is 711. The molecular formula is C18H22N2O5. The summed E-state index contributed by atoms with van der Waals surface area (Å²) in [5, 5.41) is 2.85. The van der Waals surface area contributed by atoms with Crippen LogP contribution in [0.4, 0.5) is 10.5 Å². The third-order valence-electron chi connectivity index (χ3n) is 5.11. The predicted octanol–water partition coefficient (Wildman–Crippen LogP) is 2.60. The molecule has 25 heavy (non-hydrogen) atoms. The summed E-state index contributed by atoms with van der Waals surface area (Å²) in [6, 6.07) is 4.48. The van der Waals surface area contributed by atoms with Crippen LogP contribution in [-0.2, 0) is 9.53 Å². The number of piperidine rings is 1. The summed E-state index contributed by atoms with van der Waals surface area (Å²) >= 11 is 0. The van der Waals surface area contributed by atoms with E-state index in [0.717, 1.165) is 19.3 Å². The normalized spacial score (nSPS) is 18.5. The van der Waals surface area contributed by atoms with Crippen molar-refractivity contribution in [3.63, 3.8) is 0 Å². The number of carbonyl (C=O) groups is 3. The van der Waals surface area contributed by atoms with Crippen LogP contribution in [0.25, 0.3) is 0 Å². The fourth-order valence-corrected chi connectivity index (χ4v) is 3.60. The SMILES string of the molecule is COC(=O)c1ccc(NC(=O)N2CCC(=O)CC23CCC3)c(OC)c1. The number of hydrogen-bond acceptors (Lipinski definition) is 5. The summed E-state index contributed by atoms with van der Waals surface area (Å²) in [4.78, 5) is 38.0. The van der Waals surface area contributed by atoms with Gasteiger partial charge >= 0.3 is 12.0 Å². The Morgan fingerprint density at radius 2 is 2.00 bits per heavy atom. The van der Waals surface area contributed by atoms with Gasteiger partial charge in [0.25, 0.3) is 0 Å². The van der Waals surface area contributed by atoms with Gasteiger partial charge in [-0.1, -0.05) is 0 Å². The van der Waals surface area contributed by atoms with Gasteiger partial charge in [0, 0.05) is 19.4 Å². The number of likely N-dealkylation sites (tertiary alicyclic amines) is 1. The highest BCUT2D eigenvalue weighted by molar-refractivity contribution is 5.95. The monoisotopic (exact) mass is 346 g/mol. The molecule has 134 valence electrons. The lowest BCUT2D eigenvalue weighted by Crippen LogP contribution is -2.61. The minimum absolute atomic E-state index is 0.226. The maximum Gasteiger partial charge on any atom is 0.337 e. The highest BCUT2D eigenvalue weighted by Crippen LogP contribution is 2.43. The Morgan fingerprint density at radius 1 is 1.24 bits per heavy atom. The van der Waals surface area contributed by atoms with Crippen LogP contribution < -0.4 is 10.1 Å². The van der Waals surface area contributed by atoms with Gasteiger partial charge in [-0.05, 0) is 37.5 Å². The van der Waals surface area contributed by atoms with E-state index in [2.05, 4.69) is 10.1 Å². The molecule has 0 radical (unpaired) electrons. The van der Waals surface area contributed by atoms with E-state index < -0.39 is 5.97 Å². The number of ether oxygens (including phenoxy) is 2. The van der Waals surface area contributed by atoms with E-state index in [4.69, 9.17) is 4.74 Å². The Labute approximate surface area is 146 Å². The molecule has 2 amide bonds. The van der Waals surface area contributed by atoms with Crippen LogP contribution in [0.15, 0.2) is 18.2 Å². The number of nitrogens with zero attached hydrogens (tertiary/aromatic N) is 1. The highest BCUT2D eigenvalue weighted by Gasteiger charge is 2.48. The number of amides is 2. The lowest BCUT2D eigenvalue weighted by atomic mass is 9.70. The Morgan fingerprint density at radius 3 is 2.60 bits per heavy atom. The van der Waals surface area contributed by atoms with E-state index in [1.807, 2.05) is 0 Å². The second kappa shape index (κ2) is 6.74. The van der Waals surface area contributed by atoms with Gasteiger partial charge in [-0.25, -0.2) is 9.59 Å². The van der Waals surface area contributed by atoms with Gasteiger partial charge in [-0.2, -0.15) is 0 Å². The van der Waals surface area contributed by atoms with Crippen LogP contribution in [0.3, 0.4) is 0 Å². The molecule has 1 aliphatic heterocycles. The van der Waals surface area contributed by atoms with Gasteiger partial charge in [0.2, 0.25) is 0 Å². The standard InChI is InChI=1S/C18H22N2O5/c1-24-15-10-12(16(22)25-2)4-5-14(15)19-17(23)20-9-6-13(21)11-18(20)7-3-8-18/h4-5,10H,3,6-9,11H2,1-2H3,(H,19,23). The Hall–Kier alpha value is -2.57. The maximum absolute atomic E-state index is 12.8. The fourth-order valence-electron chi connectivity index (χ4n) is 3.60. The number of rotatable bonds is 3. The molecule has 3 rings (SSSR count). The quantitative estimate of drug-likeness (QED) is 0.851. The number of nitrogens with one attached hydrogen (secondary N) is 1. The molecule has 1 saturated heterocycles. The van der Waals surface area contributed by atoms with Gasteiger partial charge < -0.3 is 19.7 Å². The lowest BCUT2D eigenvalue weighted by Gasteiger charge is -2.52. The first-order valence-electron chi connectivity index (χ1n) is 8.36. The van der Waals surface area contributed by atoms with E-state index in [1.165, 1.54) is 20.3 Å². The first-order valence-corrected chi connectivity index (χ1v) is 8.36. The summed E-state index contributed by atoms with van der Waals surface area (Å²) in [6.07, 6.45) is 3.61. The summed E-state index contributed by atoms with van der Waals surface area (Å²) in [5.74, 6) is 0.134. The van der Waals surface area contributed by atoms with Crippen LogP contribution >= 0.6 is 0 Å². The molecule has 7 nitrogen and oxygen atoms in total. The van der Waals surface area contributed by atoms with E-state index >= 15 is 0 Å². The highest BCUT2D eigenvalue weighted by atomic mass is 16.5. The lowest BCUT2D eigenvalue weighted by molar-refractivity contribution is -0.127. The van der Waals surface area contributed by atoms with Crippen molar-refractivity contribution < 1.29 is 23.9 Å². The van der Waals surface area contributed by atoms with E-state index in [1.54, 1.807) is 17.0 Å². The average molecular weight is 346 g/mol. The van der Waals surface area contributed by atoms with E-state index in [0.29, 0.717) is 36.4 Å². The molecule has 1 aromatic carbocycles. The van der Waals surface area contributed by atoms with Gasteiger partial charge in [0.05, 0.1) is 31.0 Å². The van der Waals surface area contributed by atoms with Crippen LogP contribution in [0.5, 0.6) is 5.75 Å². The molecule has 0 unspecified atom stereocenters. The number of urea groups is 1. The van der Waals surface area contributed by atoms with Gasteiger partial charge in [-0.3, -0.25) is 4.79 Å². The number of methoxy groups -OCH3 is 2. The van der Waals surface area contributed by atoms with Crippen LogP contribution in [0.1, 0.15) is 42.5 Å². The molecular weight excluding hydrogens is 324 g/mol. The van der Waals surface area contributed by atoms with E-state index in [9.17, 15) is 14.4 Å². The van der Waals surface area contributed by atoms with Gasteiger partial charge in [-0.15, -0.1) is 0 Å². The fraction of sp³-hybridized carbons (Fsp3) is 0.500. The van der Waals surface area contributed by atoms with Crippen LogP contribution in [0.2, 0.25) is 0 Å². The second-order valence-corrected chi connectivity index (χ2v) is 6.53. The van der Waals surface area contributed by atoms with Gasteiger partial charge in [0.15, 0.2) is 0 Å². The average Bonchev–Trinajstić information content (AvgIpc) is 2.59. The topological polar surface area (TPSA) is 84.9 Å². The predicted molar refractivity (Wildman–Crippen MR) is 90.9 cm³/mol. The summed E-state index contributed by atoms with van der Waals surface area (Å²) < 4.78 is 9.97. The molecule has 7 heteroatoms. The van der Waals surface area contributed by atoms with Crippen LogP contribution in [-0.4, -0.2) is 49.0 Å². The number of hydrogen-bond donors (Lipinski definition) is 1. The number of anilines is 1. The maximum atomic E-state index is 12.8. The molecule has 0 aromatic heterocycles. The molecule has 2 aliphatic rings. The minimum atomic E-state index is -0.473. The molecule has 0 atom stereocenters. The van der Waals surface area contributed by atoms with Crippen molar-refractivity contribution in [2.45, 2.75) is 37.6 Å². The summed E-state index contributed by atoms with van der Waals surface area (Å²) in [5.41, 5.74) is 0.501. The second-order valence-electron chi connectivity index (χ2n) is 6.53. The Kier molecular flexibility index (Phi) is 4.65. The first kappa shape index (κ1) is 17.3. The summed E-state index contributed by atoms with van der Waals surface area (Å²) in [7, 11) is 2.78. The molecule has 2 fully saturated rings. The zero-order valence-electron chi connectivity index (χ0n) is 14.5. The van der Waals surface area contributed by atoms with Crippen molar-refractivity contribution in [2.75, 3.05) is 26.1 Å². The van der Waals surface area contributed by atoms with Gasteiger partial charge in [0.1, 0.15) is 11.5 Å². The molecule has 1 N–H and O–H groups in total. The molecule has 0 bridgehead atoms. The zero-order valence-corrected chi connectivity index (χ0v) is 14.5. The van der Waals surface area contributed by atoms with Crippen molar-refractivity contribution in [3.05, 3.63) is 23.8 Å². The largest absolute Gasteiger partial charge is 0.495 e. The number of benzene rings is 1. The number of carbonyl (C=O) groups excluding carboxylic acids is 3. The van der Waals surface area contributed by atoms with Crippen molar-refractivity contribution >= 4 is 23.5 Å². The molecule has 1 saturated carbocycles. The summed E-state index contributed by atoms with van der Waals surface area (Å²) in [6.45, 7) is 0.438. The zero-order chi connectivity index (χ0) is 18.0. The van der Waals surface area contributed by atoms with Crippen molar-refractivity contribution in [3.8, 4) is 5.75 Å². The molecule has 1 spiro atoms. The van der Waals surface area contributed by atoms with Crippen molar-refractivity contribution in [1.82, 2.24) is 4.90 Å². The Balaban J connectivity index is 1.78. The number of Topliss-reactive ketones (excluding diaryl/α,β-unsaturated/α-hetero) is 1. The molecule has 1 heterocycles. The minimum Gasteiger partial charge on any atom is -0.495 e. The van der Waals surface area contributed by atoms with Crippen LogP contribution in [0, 0.1) is 0 Å². The van der Waals surface area contributed by atoms with Crippen molar-refractivity contribution in [2.24, 2.45) is 0 Å².